The molecular formula is C15H20BrNO4S. The van der Waals surface area contributed by atoms with Crippen LogP contribution in [0.2, 0.25) is 0 Å². The fourth-order valence-corrected chi connectivity index (χ4v) is 4.89. The maximum atomic E-state index is 12.8. The Labute approximate surface area is 139 Å². The molecule has 22 heavy (non-hydrogen) atoms. The lowest BCUT2D eigenvalue weighted by Crippen LogP contribution is -2.42. The number of halogens is 1. The van der Waals surface area contributed by atoms with Crippen molar-refractivity contribution in [3.8, 4) is 0 Å². The van der Waals surface area contributed by atoms with Crippen molar-refractivity contribution in [1.29, 1.82) is 0 Å². The molecule has 0 bridgehead atoms. The van der Waals surface area contributed by atoms with Crippen LogP contribution in [0, 0.1) is 12.8 Å². The second kappa shape index (κ2) is 7.10. The third-order valence-electron chi connectivity index (χ3n) is 3.77. The van der Waals surface area contributed by atoms with Gasteiger partial charge in [0.15, 0.2) is 0 Å². The van der Waals surface area contributed by atoms with Crippen LogP contribution in [0.4, 0.5) is 0 Å². The van der Waals surface area contributed by atoms with Gasteiger partial charge in [-0.05, 0) is 44.4 Å². The SMILES string of the molecule is CCOC(=O)[C@H]1CCCN(S(=O)(=O)c2cc(Br)ccc2C)C1. The summed E-state index contributed by atoms with van der Waals surface area (Å²) in [6.07, 6.45) is 1.33. The Morgan fingerprint density at radius 2 is 2.18 bits per heavy atom. The van der Waals surface area contributed by atoms with Gasteiger partial charge in [0.2, 0.25) is 10.0 Å². The monoisotopic (exact) mass is 389 g/mol. The van der Waals surface area contributed by atoms with Gasteiger partial charge in [-0.1, -0.05) is 22.0 Å². The zero-order valence-corrected chi connectivity index (χ0v) is 15.1. The van der Waals surface area contributed by atoms with Gasteiger partial charge in [0.25, 0.3) is 0 Å². The second-order valence-electron chi connectivity index (χ2n) is 5.36. The van der Waals surface area contributed by atoms with E-state index in [1.807, 2.05) is 6.07 Å². The van der Waals surface area contributed by atoms with Crippen molar-refractivity contribution in [2.45, 2.75) is 31.6 Å². The van der Waals surface area contributed by atoms with E-state index in [9.17, 15) is 13.2 Å². The average molecular weight is 390 g/mol. The molecule has 0 aromatic heterocycles. The first-order chi connectivity index (χ1) is 10.4. The van der Waals surface area contributed by atoms with E-state index in [1.54, 1.807) is 26.0 Å². The van der Waals surface area contributed by atoms with Crippen molar-refractivity contribution in [2.24, 2.45) is 5.92 Å². The minimum absolute atomic E-state index is 0.188. The van der Waals surface area contributed by atoms with Crippen molar-refractivity contribution in [3.05, 3.63) is 28.2 Å². The van der Waals surface area contributed by atoms with Crippen molar-refractivity contribution in [3.63, 3.8) is 0 Å². The Balaban J connectivity index is 2.25. The van der Waals surface area contributed by atoms with Crippen LogP contribution in [-0.4, -0.2) is 38.4 Å². The van der Waals surface area contributed by atoms with Gasteiger partial charge < -0.3 is 4.74 Å². The molecule has 7 heteroatoms. The molecule has 1 fully saturated rings. The van der Waals surface area contributed by atoms with Crippen LogP contribution in [0.5, 0.6) is 0 Å². The predicted octanol–water partition coefficient (Wildman–Crippen LogP) is 2.72. The lowest BCUT2D eigenvalue weighted by atomic mass is 10.0. The summed E-state index contributed by atoms with van der Waals surface area (Å²) >= 11 is 3.31. The van der Waals surface area contributed by atoms with Gasteiger partial charge in [0.1, 0.15) is 0 Å². The Morgan fingerprint density at radius 3 is 2.86 bits per heavy atom. The fraction of sp³-hybridized carbons (Fsp3) is 0.533. The van der Waals surface area contributed by atoms with Crippen molar-refractivity contribution in [2.75, 3.05) is 19.7 Å². The molecule has 1 aromatic carbocycles. The number of sulfonamides is 1. The van der Waals surface area contributed by atoms with Crippen LogP contribution in [0.25, 0.3) is 0 Å². The Kier molecular flexibility index (Phi) is 5.63. The molecule has 0 spiro atoms. The normalized spacial score (nSPS) is 19.9. The molecule has 0 N–H and O–H groups in total. The zero-order valence-electron chi connectivity index (χ0n) is 12.7. The highest BCUT2D eigenvalue weighted by molar-refractivity contribution is 9.10. The molecule has 122 valence electrons. The number of ether oxygens (including phenoxy) is 1. The number of aryl methyl sites for hydroxylation is 1. The van der Waals surface area contributed by atoms with E-state index in [0.29, 0.717) is 31.6 Å². The summed E-state index contributed by atoms with van der Waals surface area (Å²) < 4.78 is 32.8. The van der Waals surface area contributed by atoms with Gasteiger partial charge >= 0.3 is 5.97 Å². The summed E-state index contributed by atoms with van der Waals surface area (Å²) in [4.78, 5) is 12.2. The van der Waals surface area contributed by atoms with Gasteiger partial charge in [-0.25, -0.2) is 8.42 Å². The highest BCUT2D eigenvalue weighted by atomic mass is 79.9. The number of rotatable bonds is 4. The topological polar surface area (TPSA) is 63.7 Å². The largest absolute Gasteiger partial charge is 0.466 e. The molecule has 1 aliphatic heterocycles. The van der Waals surface area contributed by atoms with Crippen LogP contribution in [0.3, 0.4) is 0 Å². The van der Waals surface area contributed by atoms with E-state index >= 15 is 0 Å². The molecular weight excluding hydrogens is 370 g/mol. The third kappa shape index (κ3) is 3.70. The van der Waals surface area contributed by atoms with Crippen molar-refractivity contribution >= 4 is 31.9 Å². The van der Waals surface area contributed by atoms with E-state index in [2.05, 4.69) is 15.9 Å². The number of hydrogen-bond acceptors (Lipinski definition) is 4. The molecule has 1 aromatic rings. The first-order valence-corrected chi connectivity index (χ1v) is 9.52. The first-order valence-electron chi connectivity index (χ1n) is 7.29. The summed E-state index contributed by atoms with van der Waals surface area (Å²) in [7, 11) is -3.60. The predicted molar refractivity (Wildman–Crippen MR) is 87.0 cm³/mol. The number of esters is 1. The molecule has 1 atom stereocenters. The number of carbonyl (C=O) groups is 1. The van der Waals surface area contributed by atoms with E-state index < -0.39 is 10.0 Å². The van der Waals surface area contributed by atoms with E-state index in [-0.39, 0.29) is 23.3 Å². The summed E-state index contributed by atoms with van der Waals surface area (Å²) in [5.74, 6) is -0.690. The van der Waals surface area contributed by atoms with Crippen LogP contribution in [0.15, 0.2) is 27.6 Å². The summed E-state index contributed by atoms with van der Waals surface area (Å²) in [6.45, 7) is 4.45. The molecule has 1 saturated heterocycles. The van der Waals surface area contributed by atoms with Crippen LogP contribution in [0.1, 0.15) is 25.3 Å². The average Bonchev–Trinajstić information content (AvgIpc) is 2.50. The lowest BCUT2D eigenvalue weighted by Gasteiger charge is -2.31. The smallest absolute Gasteiger partial charge is 0.310 e. The van der Waals surface area contributed by atoms with Gasteiger partial charge in [-0.3, -0.25) is 4.79 Å². The Hall–Kier alpha value is -0.920. The van der Waals surface area contributed by atoms with Crippen LogP contribution in [-0.2, 0) is 19.6 Å². The Bertz CT molecular complexity index is 660. The van der Waals surface area contributed by atoms with E-state index in [4.69, 9.17) is 4.74 Å². The maximum absolute atomic E-state index is 12.8. The molecule has 0 unspecified atom stereocenters. The van der Waals surface area contributed by atoms with Gasteiger partial charge in [0, 0.05) is 17.6 Å². The minimum atomic E-state index is -3.60. The van der Waals surface area contributed by atoms with Gasteiger partial charge in [-0.2, -0.15) is 4.31 Å². The number of hydrogen-bond donors (Lipinski definition) is 0. The van der Waals surface area contributed by atoms with Crippen LogP contribution < -0.4 is 0 Å². The number of piperidine rings is 1. The van der Waals surface area contributed by atoms with Gasteiger partial charge in [-0.15, -0.1) is 0 Å². The number of benzene rings is 1. The van der Waals surface area contributed by atoms with Gasteiger partial charge in [0.05, 0.1) is 17.4 Å². The standard InChI is InChI=1S/C15H20BrNO4S/c1-3-21-15(18)12-5-4-8-17(10-12)22(19,20)14-9-13(16)7-6-11(14)2/h6-7,9,12H,3-5,8,10H2,1-2H3/t12-/m0/s1. The fourth-order valence-electron chi connectivity index (χ4n) is 2.60. The molecule has 0 radical (unpaired) electrons. The first kappa shape index (κ1) is 17.4. The zero-order chi connectivity index (χ0) is 16.3. The van der Waals surface area contributed by atoms with E-state index in [1.165, 1.54) is 4.31 Å². The quantitative estimate of drug-likeness (QED) is 0.742. The molecule has 1 heterocycles. The molecule has 2 rings (SSSR count). The second-order valence-corrected chi connectivity index (χ2v) is 8.19. The van der Waals surface area contributed by atoms with Crippen LogP contribution >= 0.6 is 15.9 Å². The summed E-state index contributed by atoms with van der Waals surface area (Å²) in [5, 5.41) is 0. The molecule has 0 saturated carbocycles. The minimum Gasteiger partial charge on any atom is -0.466 e. The molecule has 0 amide bonds. The lowest BCUT2D eigenvalue weighted by molar-refractivity contribution is -0.149. The number of nitrogens with zero attached hydrogens (tertiary/aromatic N) is 1. The summed E-state index contributed by atoms with van der Waals surface area (Å²) in [6, 6.07) is 5.19. The third-order valence-corrected chi connectivity index (χ3v) is 6.27. The highest BCUT2D eigenvalue weighted by Crippen LogP contribution is 2.28. The maximum Gasteiger partial charge on any atom is 0.310 e. The van der Waals surface area contributed by atoms with Crippen molar-refractivity contribution < 1.29 is 17.9 Å². The van der Waals surface area contributed by atoms with E-state index in [0.717, 1.165) is 4.47 Å². The Morgan fingerprint density at radius 1 is 1.45 bits per heavy atom. The molecule has 0 aliphatic carbocycles. The molecule has 1 aliphatic rings. The highest BCUT2D eigenvalue weighted by Gasteiger charge is 2.34. The molecule has 5 nitrogen and oxygen atoms in total. The van der Waals surface area contributed by atoms with Crippen molar-refractivity contribution in [1.82, 2.24) is 4.31 Å². The number of carbonyl (C=O) groups excluding carboxylic acids is 1. The summed E-state index contributed by atoms with van der Waals surface area (Å²) in [5.41, 5.74) is 0.696.